The lowest BCUT2D eigenvalue weighted by Crippen LogP contribution is -2.13. The van der Waals surface area contributed by atoms with E-state index < -0.39 is 11.6 Å². The highest BCUT2D eigenvalue weighted by Crippen LogP contribution is 2.32. The summed E-state index contributed by atoms with van der Waals surface area (Å²) < 4.78 is 25.9. The highest BCUT2D eigenvalue weighted by atomic mass is 35.5. The quantitative estimate of drug-likeness (QED) is 0.689. The maximum atomic E-state index is 13.1. The maximum Gasteiger partial charge on any atom is 0.159 e. The molecule has 1 fully saturated rings. The topological polar surface area (TPSA) is 0 Å². The second-order valence-electron chi connectivity index (χ2n) is 5.39. The number of aryl methyl sites for hydroxylation is 1. The Balaban J connectivity index is 1.78. The molecule has 0 unspecified atom stereocenters. The van der Waals surface area contributed by atoms with Crippen molar-refractivity contribution in [2.75, 3.05) is 0 Å². The zero-order valence-corrected chi connectivity index (χ0v) is 11.7. The van der Waals surface area contributed by atoms with Crippen molar-refractivity contribution in [3.63, 3.8) is 0 Å². The number of benzene rings is 1. The van der Waals surface area contributed by atoms with Gasteiger partial charge in [-0.05, 0) is 68.1 Å². The maximum absolute atomic E-state index is 13.1. The smallest absolute Gasteiger partial charge is 0.159 e. The lowest BCUT2D eigenvalue weighted by molar-refractivity contribution is 0.296. The van der Waals surface area contributed by atoms with Crippen LogP contribution in [0.1, 0.15) is 37.7 Å². The van der Waals surface area contributed by atoms with Crippen molar-refractivity contribution >= 4 is 11.6 Å². The van der Waals surface area contributed by atoms with Gasteiger partial charge in [0.05, 0.1) is 0 Å². The van der Waals surface area contributed by atoms with Gasteiger partial charge in [-0.25, -0.2) is 8.78 Å². The summed E-state index contributed by atoms with van der Waals surface area (Å²) in [5.41, 5.74) is 2.51. The first-order valence-corrected chi connectivity index (χ1v) is 7.33. The average Bonchev–Trinajstić information content (AvgIpc) is 2.42. The molecule has 1 aliphatic carbocycles. The van der Waals surface area contributed by atoms with Gasteiger partial charge in [-0.3, -0.25) is 0 Å². The van der Waals surface area contributed by atoms with Gasteiger partial charge in [0.25, 0.3) is 0 Å². The number of hydrogen-bond donors (Lipinski definition) is 0. The van der Waals surface area contributed by atoms with Crippen LogP contribution in [-0.2, 0) is 6.42 Å². The third kappa shape index (κ3) is 4.31. The lowest BCUT2D eigenvalue weighted by atomic mass is 9.79. The first-order chi connectivity index (χ1) is 9.19. The van der Waals surface area contributed by atoms with Gasteiger partial charge in [-0.1, -0.05) is 23.7 Å². The largest absolute Gasteiger partial charge is 0.204 e. The summed E-state index contributed by atoms with van der Waals surface area (Å²) >= 11 is 5.59. The molecule has 0 aliphatic heterocycles. The summed E-state index contributed by atoms with van der Waals surface area (Å²) in [6.07, 6.45) is 8.75. The molecule has 1 aromatic rings. The minimum Gasteiger partial charge on any atom is -0.204 e. The van der Waals surface area contributed by atoms with E-state index in [4.69, 9.17) is 11.6 Å². The Morgan fingerprint density at radius 2 is 1.84 bits per heavy atom. The molecule has 0 spiro atoms. The van der Waals surface area contributed by atoms with E-state index in [9.17, 15) is 8.78 Å². The Labute approximate surface area is 118 Å². The van der Waals surface area contributed by atoms with E-state index in [1.54, 1.807) is 11.6 Å². The second kappa shape index (κ2) is 7.04. The lowest BCUT2D eigenvalue weighted by Gasteiger charge is -2.26. The summed E-state index contributed by atoms with van der Waals surface area (Å²) in [6.45, 7) is 0. The molecule has 0 saturated heterocycles. The molecule has 19 heavy (non-hydrogen) atoms. The van der Waals surface area contributed by atoms with Crippen LogP contribution in [-0.4, -0.2) is 0 Å². The molecular weight excluding hydrogens is 266 g/mol. The zero-order chi connectivity index (χ0) is 13.7. The van der Waals surface area contributed by atoms with Crippen molar-refractivity contribution in [1.29, 1.82) is 0 Å². The van der Waals surface area contributed by atoms with Crippen LogP contribution in [0.3, 0.4) is 0 Å². The van der Waals surface area contributed by atoms with Crippen molar-refractivity contribution in [1.82, 2.24) is 0 Å². The second-order valence-corrected chi connectivity index (χ2v) is 5.64. The first kappa shape index (κ1) is 14.5. The van der Waals surface area contributed by atoms with Crippen LogP contribution in [0.2, 0.25) is 0 Å². The van der Waals surface area contributed by atoms with E-state index in [1.165, 1.54) is 37.8 Å². The van der Waals surface area contributed by atoms with Crippen molar-refractivity contribution in [2.45, 2.75) is 38.5 Å². The molecule has 0 heterocycles. The predicted molar refractivity (Wildman–Crippen MR) is 75.1 cm³/mol. The minimum absolute atomic E-state index is 0.622. The Hall–Kier alpha value is -0.890. The van der Waals surface area contributed by atoms with Crippen LogP contribution in [0.5, 0.6) is 0 Å². The fourth-order valence-corrected chi connectivity index (χ4v) is 3.04. The fourth-order valence-electron chi connectivity index (χ4n) is 2.84. The average molecular weight is 285 g/mol. The van der Waals surface area contributed by atoms with Crippen LogP contribution in [0.25, 0.3) is 0 Å². The molecule has 3 heteroatoms. The summed E-state index contributed by atoms with van der Waals surface area (Å²) in [5.74, 6) is -0.185. The standard InChI is InChI=1S/C16H19ClF2/c17-10-9-13-3-1-12(2-4-13)5-6-14-7-8-15(18)16(19)11-14/h7-13H,1-6H2/b10-9+. The van der Waals surface area contributed by atoms with E-state index in [0.717, 1.165) is 18.4 Å². The van der Waals surface area contributed by atoms with Crippen LogP contribution in [0, 0.1) is 23.5 Å². The van der Waals surface area contributed by atoms with Gasteiger partial charge in [0, 0.05) is 5.54 Å². The molecule has 0 nitrogen and oxygen atoms in total. The zero-order valence-electron chi connectivity index (χ0n) is 10.9. The summed E-state index contributed by atoms with van der Waals surface area (Å²) in [5, 5.41) is 0. The molecule has 0 atom stereocenters. The van der Waals surface area contributed by atoms with Crippen molar-refractivity contribution < 1.29 is 8.78 Å². The monoisotopic (exact) mass is 284 g/mol. The van der Waals surface area contributed by atoms with Gasteiger partial charge in [0.2, 0.25) is 0 Å². The molecule has 0 bridgehead atoms. The summed E-state index contributed by atoms with van der Waals surface area (Å²) in [4.78, 5) is 0. The molecule has 0 radical (unpaired) electrons. The SMILES string of the molecule is Fc1ccc(CCC2CCC(/C=C/Cl)CC2)cc1F. The minimum atomic E-state index is -0.767. The molecule has 0 amide bonds. The van der Waals surface area contributed by atoms with Gasteiger partial charge >= 0.3 is 0 Å². The van der Waals surface area contributed by atoms with E-state index in [-0.39, 0.29) is 0 Å². The van der Waals surface area contributed by atoms with E-state index in [0.29, 0.717) is 11.8 Å². The van der Waals surface area contributed by atoms with Crippen LogP contribution >= 0.6 is 11.6 Å². The number of hydrogen-bond acceptors (Lipinski definition) is 0. The fraction of sp³-hybridized carbons (Fsp3) is 0.500. The van der Waals surface area contributed by atoms with Crippen LogP contribution in [0.15, 0.2) is 29.8 Å². The normalized spacial score (nSPS) is 23.9. The molecular formula is C16H19ClF2. The van der Waals surface area contributed by atoms with Gasteiger partial charge in [-0.15, -0.1) is 0 Å². The Morgan fingerprint density at radius 3 is 2.47 bits per heavy atom. The number of halogens is 3. The van der Waals surface area contributed by atoms with E-state index >= 15 is 0 Å². The molecule has 104 valence electrons. The van der Waals surface area contributed by atoms with Gasteiger partial charge in [-0.2, -0.15) is 0 Å². The van der Waals surface area contributed by atoms with Gasteiger partial charge in [0.1, 0.15) is 0 Å². The molecule has 2 rings (SSSR count). The van der Waals surface area contributed by atoms with E-state index in [2.05, 4.69) is 6.08 Å². The molecule has 1 saturated carbocycles. The molecule has 1 aliphatic rings. The third-order valence-corrected chi connectivity index (χ3v) is 4.21. The highest BCUT2D eigenvalue weighted by Gasteiger charge is 2.19. The first-order valence-electron chi connectivity index (χ1n) is 6.90. The summed E-state index contributed by atoms with van der Waals surface area (Å²) in [6, 6.07) is 4.21. The molecule has 0 aromatic heterocycles. The third-order valence-electron chi connectivity index (χ3n) is 4.06. The van der Waals surface area contributed by atoms with Crippen molar-refractivity contribution in [3.05, 3.63) is 47.0 Å². The van der Waals surface area contributed by atoms with Crippen molar-refractivity contribution in [3.8, 4) is 0 Å². The van der Waals surface area contributed by atoms with Gasteiger partial charge < -0.3 is 0 Å². The molecule has 1 aromatic carbocycles. The summed E-state index contributed by atoms with van der Waals surface area (Å²) in [7, 11) is 0. The molecule has 0 N–H and O–H groups in total. The number of rotatable bonds is 4. The van der Waals surface area contributed by atoms with Crippen molar-refractivity contribution in [2.24, 2.45) is 11.8 Å². The predicted octanol–water partition coefficient (Wildman–Crippen LogP) is 5.46. The highest BCUT2D eigenvalue weighted by molar-refractivity contribution is 6.25. The van der Waals surface area contributed by atoms with Gasteiger partial charge in [0.15, 0.2) is 11.6 Å². The Bertz CT molecular complexity index is 434. The van der Waals surface area contributed by atoms with Crippen LogP contribution in [0.4, 0.5) is 8.78 Å². The van der Waals surface area contributed by atoms with Crippen LogP contribution < -0.4 is 0 Å². The Kier molecular flexibility index (Phi) is 5.38. The Morgan fingerprint density at radius 1 is 1.11 bits per heavy atom. The number of allylic oxidation sites excluding steroid dienone is 1. The van der Waals surface area contributed by atoms with E-state index in [1.807, 2.05) is 0 Å².